The second kappa shape index (κ2) is 4.91. The summed E-state index contributed by atoms with van der Waals surface area (Å²) in [4.78, 5) is 11.5. The van der Waals surface area contributed by atoms with Crippen molar-refractivity contribution in [3.05, 3.63) is 35.4 Å². The molecule has 0 unspecified atom stereocenters. The summed E-state index contributed by atoms with van der Waals surface area (Å²) in [5.41, 5.74) is 2.05. The largest absolute Gasteiger partial charge is 0.313 e. The molecule has 0 amide bonds. The van der Waals surface area contributed by atoms with Crippen LogP contribution in [0.1, 0.15) is 35.7 Å². The monoisotopic (exact) mass is 191 g/mol. The molecule has 1 aromatic carbocycles. The molecule has 2 nitrogen and oxygen atoms in total. The lowest BCUT2D eigenvalue weighted by Crippen LogP contribution is -2.18. The number of carbonyl (C=O) groups excluding carboxylic acids is 1. The van der Waals surface area contributed by atoms with Crippen LogP contribution in [0.15, 0.2) is 24.3 Å². The van der Waals surface area contributed by atoms with Gasteiger partial charge in [-0.1, -0.05) is 38.1 Å². The predicted octanol–water partition coefficient (Wildman–Crippen LogP) is 2.21. The van der Waals surface area contributed by atoms with Gasteiger partial charge in [-0.15, -0.1) is 0 Å². The highest BCUT2D eigenvalue weighted by molar-refractivity contribution is 5.97. The van der Waals surface area contributed by atoms with Gasteiger partial charge in [0.2, 0.25) is 0 Å². The van der Waals surface area contributed by atoms with E-state index in [0.717, 1.165) is 5.56 Å². The van der Waals surface area contributed by atoms with Gasteiger partial charge in [0.05, 0.1) is 6.54 Å². The van der Waals surface area contributed by atoms with E-state index >= 15 is 0 Å². The number of carbonyl (C=O) groups is 1. The molecule has 0 aliphatic heterocycles. The van der Waals surface area contributed by atoms with E-state index in [1.807, 2.05) is 24.3 Å². The van der Waals surface area contributed by atoms with Crippen molar-refractivity contribution in [2.75, 3.05) is 13.6 Å². The van der Waals surface area contributed by atoms with E-state index in [1.165, 1.54) is 5.56 Å². The lowest BCUT2D eigenvalue weighted by Gasteiger charge is -2.06. The van der Waals surface area contributed by atoms with E-state index in [4.69, 9.17) is 0 Å². The van der Waals surface area contributed by atoms with E-state index in [0.29, 0.717) is 12.5 Å². The molecule has 0 heterocycles. The maximum Gasteiger partial charge on any atom is 0.176 e. The zero-order chi connectivity index (χ0) is 10.6. The topological polar surface area (TPSA) is 29.1 Å². The summed E-state index contributed by atoms with van der Waals surface area (Å²) in [5, 5.41) is 2.85. The summed E-state index contributed by atoms with van der Waals surface area (Å²) in [7, 11) is 1.78. The Morgan fingerprint density at radius 1 is 1.29 bits per heavy atom. The molecule has 0 fully saturated rings. The summed E-state index contributed by atoms with van der Waals surface area (Å²) in [6, 6.07) is 7.84. The van der Waals surface area contributed by atoms with E-state index in [-0.39, 0.29) is 5.78 Å². The highest BCUT2D eigenvalue weighted by Crippen LogP contribution is 2.14. The molecule has 14 heavy (non-hydrogen) atoms. The number of rotatable bonds is 4. The highest BCUT2D eigenvalue weighted by atomic mass is 16.1. The fourth-order valence-corrected chi connectivity index (χ4v) is 1.32. The molecular weight excluding hydrogens is 174 g/mol. The lowest BCUT2D eigenvalue weighted by atomic mass is 10.0. The zero-order valence-corrected chi connectivity index (χ0v) is 9.00. The van der Waals surface area contributed by atoms with Crippen LogP contribution >= 0.6 is 0 Å². The Morgan fingerprint density at radius 3 is 2.29 bits per heavy atom. The van der Waals surface area contributed by atoms with Crippen LogP contribution in [0.4, 0.5) is 0 Å². The van der Waals surface area contributed by atoms with Gasteiger partial charge in [0.25, 0.3) is 0 Å². The Labute approximate surface area is 85.3 Å². The first-order valence-corrected chi connectivity index (χ1v) is 4.93. The Hall–Kier alpha value is -1.15. The van der Waals surface area contributed by atoms with Crippen molar-refractivity contribution in [1.82, 2.24) is 5.32 Å². The SMILES string of the molecule is CNCC(=O)c1ccc(C(C)C)cc1. The molecule has 1 N–H and O–H groups in total. The van der Waals surface area contributed by atoms with Crippen LogP contribution in [-0.4, -0.2) is 19.4 Å². The maximum atomic E-state index is 11.5. The number of ketones is 1. The van der Waals surface area contributed by atoms with Crippen molar-refractivity contribution in [2.24, 2.45) is 0 Å². The van der Waals surface area contributed by atoms with Gasteiger partial charge in [-0.25, -0.2) is 0 Å². The minimum absolute atomic E-state index is 0.141. The summed E-state index contributed by atoms with van der Waals surface area (Å²) in [6.07, 6.45) is 0. The third-order valence-corrected chi connectivity index (χ3v) is 2.24. The number of hydrogen-bond acceptors (Lipinski definition) is 2. The van der Waals surface area contributed by atoms with Crippen LogP contribution in [0.25, 0.3) is 0 Å². The quantitative estimate of drug-likeness (QED) is 0.739. The van der Waals surface area contributed by atoms with E-state index in [2.05, 4.69) is 19.2 Å². The van der Waals surface area contributed by atoms with Crippen molar-refractivity contribution < 1.29 is 4.79 Å². The zero-order valence-electron chi connectivity index (χ0n) is 9.00. The van der Waals surface area contributed by atoms with Gasteiger partial charge >= 0.3 is 0 Å². The van der Waals surface area contributed by atoms with Crippen molar-refractivity contribution in [3.8, 4) is 0 Å². The second-order valence-electron chi connectivity index (χ2n) is 3.73. The van der Waals surface area contributed by atoms with Gasteiger partial charge in [0.15, 0.2) is 5.78 Å². The summed E-state index contributed by atoms with van der Waals surface area (Å²) < 4.78 is 0. The standard InChI is InChI=1S/C12H17NO/c1-9(2)10-4-6-11(7-5-10)12(14)8-13-3/h4-7,9,13H,8H2,1-3H3. The third-order valence-electron chi connectivity index (χ3n) is 2.24. The Kier molecular flexibility index (Phi) is 3.84. The number of likely N-dealkylation sites (N-methyl/N-ethyl adjacent to an activating group) is 1. The second-order valence-corrected chi connectivity index (χ2v) is 3.73. The van der Waals surface area contributed by atoms with Crippen molar-refractivity contribution in [3.63, 3.8) is 0 Å². The Bertz CT molecular complexity index is 301. The first kappa shape index (κ1) is 10.9. The van der Waals surface area contributed by atoms with Crippen LogP contribution < -0.4 is 5.32 Å². The minimum Gasteiger partial charge on any atom is -0.313 e. The first-order chi connectivity index (χ1) is 6.65. The molecule has 0 aromatic heterocycles. The Balaban J connectivity index is 2.78. The summed E-state index contributed by atoms with van der Waals surface area (Å²) >= 11 is 0. The number of Topliss-reactive ketones (excluding diaryl/α,β-unsaturated/α-hetero) is 1. The van der Waals surface area contributed by atoms with Crippen LogP contribution in [0, 0.1) is 0 Å². The van der Waals surface area contributed by atoms with E-state index in [9.17, 15) is 4.79 Å². The van der Waals surface area contributed by atoms with Crippen LogP contribution in [0.5, 0.6) is 0 Å². The highest BCUT2D eigenvalue weighted by Gasteiger charge is 2.04. The van der Waals surface area contributed by atoms with Gasteiger partial charge in [0, 0.05) is 5.56 Å². The average Bonchev–Trinajstić information content (AvgIpc) is 2.18. The lowest BCUT2D eigenvalue weighted by molar-refractivity contribution is 0.0993. The average molecular weight is 191 g/mol. The number of benzene rings is 1. The predicted molar refractivity (Wildman–Crippen MR) is 58.8 cm³/mol. The molecule has 0 bridgehead atoms. The van der Waals surface area contributed by atoms with Gasteiger partial charge in [-0.2, -0.15) is 0 Å². The molecular formula is C12H17NO. The molecule has 2 heteroatoms. The molecule has 0 saturated carbocycles. The number of hydrogen-bond donors (Lipinski definition) is 1. The van der Waals surface area contributed by atoms with Gasteiger partial charge in [-0.3, -0.25) is 4.79 Å². The normalized spacial score (nSPS) is 10.6. The fraction of sp³-hybridized carbons (Fsp3) is 0.417. The number of nitrogens with one attached hydrogen (secondary N) is 1. The van der Waals surface area contributed by atoms with Crippen LogP contribution in [0.3, 0.4) is 0 Å². The summed E-state index contributed by atoms with van der Waals surface area (Å²) in [5.74, 6) is 0.659. The van der Waals surface area contributed by atoms with Crippen LogP contribution in [0.2, 0.25) is 0 Å². The molecule has 1 aromatic rings. The van der Waals surface area contributed by atoms with Crippen molar-refractivity contribution in [2.45, 2.75) is 19.8 Å². The van der Waals surface area contributed by atoms with Crippen LogP contribution in [-0.2, 0) is 0 Å². The molecule has 0 aliphatic carbocycles. The molecule has 0 atom stereocenters. The summed E-state index contributed by atoms with van der Waals surface area (Å²) in [6.45, 7) is 4.69. The third kappa shape index (κ3) is 2.67. The van der Waals surface area contributed by atoms with Gasteiger partial charge in [0.1, 0.15) is 0 Å². The molecule has 0 spiro atoms. The molecule has 0 saturated heterocycles. The van der Waals surface area contributed by atoms with Gasteiger partial charge in [-0.05, 0) is 18.5 Å². The first-order valence-electron chi connectivity index (χ1n) is 4.93. The molecule has 1 rings (SSSR count). The van der Waals surface area contributed by atoms with Crippen molar-refractivity contribution in [1.29, 1.82) is 0 Å². The minimum atomic E-state index is 0.141. The van der Waals surface area contributed by atoms with E-state index in [1.54, 1.807) is 7.05 Å². The fourth-order valence-electron chi connectivity index (χ4n) is 1.32. The molecule has 76 valence electrons. The van der Waals surface area contributed by atoms with Crippen molar-refractivity contribution >= 4 is 5.78 Å². The molecule has 0 radical (unpaired) electrons. The smallest absolute Gasteiger partial charge is 0.176 e. The Morgan fingerprint density at radius 2 is 1.86 bits per heavy atom. The molecule has 0 aliphatic rings. The maximum absolute atomic E-state index is 11.5. The van der Waals surface area contributed by atoms with Gasteiger partial charge < -0.3 is 5.32 Å². The van der Waals surface area contributed by atoms with E-state index < -0.39 is 0 Å².